The van der Waals surface area contributed by atoms with Crippen molar-refractivity contribution >= 4 is 17.3 Å². The third-order valence-electron chi connectivity index (χ3n) is 6.51. The zero-order valence-electron chi connectivity index (χ0n) is 18.0. The third kappa shape index (κ3) is 3.68. The van der Waals surface area contributed by atoms with Gasteiger partial charge in [-0.25, -0.2) is 0 Å². The quantitative estimate of drug-likeness (QED) is 0.521. The van der Waals surface area contributed by atoms with E-state index in [4.69, 9.17) is 17.3 Å². The number of nitro benzene ring substituents is 1. The molecule has 2 aromatic carbocycles. The van der Waals surface area contributed by atoms with E-state index in [1.165, 1.54) is 18.2 Å². The van der Waals surface area contributed by atoms with E-state index in [9.17, 15) is 25.9 Å². The Kier molecular flexibility index (Phi) is 6.09. The highest BCUT2D eigenvalue weighted by Crippen LogP contribution is 2.55. The molecule has 0 fully saturated rings. The van der Waals surface area contributed by atoms with Gasteiger partial charge in [-0.05, 0) is 17.2 Å². The molecule has 0 saturated carbocycles. The Morgan fingerprint density at radius 1 is 1.18 bits per heavy atom. The van der Waals surface area contributed by atoms with E-state index in [-0.39, 0.29) is 27.5 Å². The molecule has 9 heteroatoms. The van der Waals surface area contributed by atoms with Crippen LogP contribution in [0.15, 0.2) is 71.5 Å². The molecule has 0 saturated heterocycles. The van der Waals surface area contributed by atoms with Crippen LogP contribution in [0.2, 0.25) is 5.02 Å². The van der Waals surface area contributed by atoms with Gasteiger partial charge in [0.25, 0.3) is 5.69 Å². The maximum atomic E-state index is 11.9. The van der Waals surface area contributed by atoms with Crippen LogP contribution in [0.1, 0.15) is 17.0 Å². The lowest BCUT2D eigenvalue weighted by Crippen LogP contribution is -2.48. The first-order valence-corrected chi connectivity index (χ1v) is 10.9. The average Bonchev–Trinajstić information content (AvgIpc) is 2.84. The topological polar surface area (TPSA) is 144 Å². The molecule has 34 heavy (non-hydrogen) atoms. The van der Waals surface area contributed by atoms with Crippen LogP contribution in [0.3, 0.4) is 0 Å². The Morgan fingerprint density at radius 3 is 2.50 bits per heavy atom. The van der Waals surface area contributed by atoms with Crippen LogP contribution in [0, 0.1) is 55.4 Å². The molecule has 0 unspecified atom stereocenters. The largest absolute Gasteiger partial charge is 0.399 e. The Morgan fingerprint density at radius 2 is 1.88 bits per heavy atom. The standard InChI is InChI=1S/C25H19ClN6O2/c26-17-6-7-19(22(10-17)32(33)34)23-21-13-31(12-16-4-2-1-3-5-16)9-8-18(21)20(11-27)24(30)25(23,14-28)15-29/h1-8,10,21,23H,9,12-13,30H2/t21-,23-/m0/s1. The zero-order chi connectivity index (χ0) is 24.5. The zero-order valence-corrected chi connectivity index (χ0v) is 18.7. The number of fused-ring (bicyclic) bond motifs is 1. The van der Waals surface area contributed by atoms with Crippen LogP contribution in [0.4, 0.5) is 5.69 Å². The number of hydrogen-bond acceptors (Lipinski definition) is 7. The van der Waals surface area contributed by atoms with Crippen LogP contribution in [0.25, 0.3) is 0 Å². The molecule has 1 aliphatic carbocycles. The lowest BCUT2D eigenvalue weighted by atomic mass is 9.58. The number of nitrogens with zero attached hydrogens (tertiary/aromatic N) is 5. The first-order valence-electron chi connectivity index (χ1n) is 10.5. The van der Waals surface area contributed by atoms with E-state index < -0.39 is 22.2 Å². The van der Waals surface area contributed by atoms with Gasteiger partial charge in [0.15, 0.2) is 5.41 Å². The molecule has 1 aliphatic heterocycles. The van der Waals surface area contributed by atoms with Crippen LogP contribution in [-0.2, 0) is 6.54 Å². The van der Waals surface area contributed by atoms with Gasteiger partial charge in [0.05, 0.1) is 28.3 Å². The van der Waals surface area contributed by atoms with Crippen LogP contribution in [-0.4, -0.2) is 22.9 Å². The van der Waals surface area contributed by atoms with E-state index in [0.717, 1.165) is 5.56 Å². The number of nitrogens with two attached hydrogens (primary N) is 1. The van der Waals surface area contributed by atoms with Crippen molar-refractivity contribution in [1.29, 1.82) is 15.8 Å². The van der Waals surface area contributed by atoms with E-state index in [2.05, 4.69) is 11.0 Å². The molecule has 0 amide bonds. The van der Waals surface area contributed by atoms with Crippen LogP contribution < -0.4 is 5.73 Å². The Labute approximate surface area is 201 Å². The highest BCUT2D eigenvalue weighted by molar-refractivity contribution is 6.30. The molecule has 0 bridgehead atoms. The average molecular weight is 471 g/mol. The van der Waals surface area contributed by atoms with Crippen molar-refractivity contribution in [1.82, 2.24) is 4.90 Å². The van der Waals surface area contributed by atoms with Crippen molar-refractivity contribution in [3.63, 3.8) is 0 Å². The van der Waals surface area contributed by atoms with E-state index >= 15 is 0 Å². The summed E-state index contributed by atoms with van der Waals surface area (Å²) < 4.78 is 0. The van der Waals surface area contributed by atoms with Gasteiger partial charge in [0.2, 0.25) is 0 Å². The van der Waals surface area contributed by atoms with Gasteiger partial charge in [0, 0.05) is 48.1 Å². The number of nitro groups is 1. The first-order chi connectivity index (χ1) is 16.4. The van der Waals surface area contributed by atoms with Crippen LogP contribution in [0.5, 0.6) is 0 Å². The molecule has 2 atom stereocenters. The molecule has 1 heterocycles. The molecule has 0 spiro atoms. The third-order valence-corrected chi connectivity index (χ3v) is 6.75. The van der Waals surface area contributed by atoms with Crippen LogP contribution >= 0.6 is 11.6 Å². The molecule has 0 aromatic heterocycles. The fraction of sp³-hybridized carbons (Fsp3) is 0.240. The van der Waals surface area contributed by atoms with Crippen molar-refractivity contribution in [2.24, 2.45) is 17.1 Å². The molecule has 168 valence electrons. The normalized spacial score (nSPS) is 21.4. The summed E-state index contributed by atoms with van der Waals surface area (Å²) in [4.78, 5) is 13.5. The Bertz CT molecular complexity index is 1330. The molecule has 8 nitrogen and oxygen atoms in total. The summed E-state index contributed by atoms with van der Waals surface area (Å²) in [5, 5.41) is 42.4. The second kappa shape index (κ2) is 9.00. The minimum absolute atomic E-state index is 0.0975. The number of benzene rings is 2. The summed E-state index contributed by atoms with van der Waals surface area (Å²) in [6.45, 7) is 1.51. The number of nitriles is 3. The van der Waals surface area contributed by atoms with E-state index in [1.807, 2.05) is 48.5 Å². The van der Waals surface area contributed by atoms with Gasteiger partial charge < -0.3 is 5.73 Å². The Hall–Kier alpha value is -4.16. The molecule has 2 N–H and O–H groups in total. The molecule has 4 rings (SSSR count). The summed E-state index contributed by atoms with van der Waals surface area (Å²) >= 11 is 6.03. The van der Waals surface area contributed by atoms with E-state index in [0.29, 0.717) is 25.2 Å². The number of rotatable bonds is 4. The van der Waals surface area contributed by atoms with Crippen molar-refractivity contribution in [2.45, 2.75) is 12.5 Å². The minimum Gasteiger partial charge on any atom is -0.399 e. The van der Waals surface area contributed by atoms with Gasteiger partial charge in [-0.15, -0.1) is 0 Å². The number of allylic oxidation sites excluding steroid dienone is 2. The fourth-order valence-corrected chi connectivity index (χ4v) is 5.16. The van der Waals surface area contributed by atoms with Gasteiger partial charge >= 0.3 is 0 Å². The molecule has 0 radical (unpaired) electrons. The number of hydrogen-bond donors (Lipinski definition) is 1. The highest BCUT2D eigenvalue weighted by atomic mass is 35.5. The van der Waals surface area contributed by atoms with Gasteiger partial charge in [-0.2, -0.15) is 15.8 Å². The van der Waals surface area contributed by atoms with Gasteiger partial charge in [-0.3, -0.25) is 15.0 Å². The van der Waals surface area contributed by atoms with E-state index in [1.54, 1.807) is 0 Å². The van der Waals surface area contributed by atoms with Crippen molar-refractivity contribution in [3.8, 4) is 18.2 Å². The maximum Gasteiger partial charge on any atom is 0.274 e. The highest BCUT2D eigenvalue weighted by Gasteiger charge is 2.56. The van der Waals surface area contributed by atoms with Gasteiger partial charge in [-0.1, -0.05) is 54.1 Å². The smallest absolute Gasteiger partial charge is 0.274 e. The molecular formula is C25H19ClN6O2. The van der Waals surface area contributed by atoms with Gasteiger partial charge in [0.1, 0.15) is 6.07 Å². The fourth-order valence-electron chi connectivity index (χ4n) is 4.99. The Balaban J connectivity index is 1.92. The molecular weight excluding hydrogens is 452 g/mol. The summed E-state index contributed by atoms with van der Waals surface area (Å²) in [7, 11) is 0. The lowest BCUT2D eigenvalue weighted by Gasteiger charge is -2.45. The number of halogens is 1. The first kappa shape index (κ1) is 23.0. The predicted octanol–water partition coefficient (Wildman–Crippen LogP) is 4.17. The maximum absolute atomic E-state index is 11.9. The predicted molar refractivity (Wildman–Crippen MR) is 125 cm³/mol. The second-order valence-corrected chi connectivity index (χ2v) is 8.75. The molecule has 2 aromatic rings. The summed E-state index contributed by atoms with van der Waals surface area (Å²) in [6, 6.07) is 20.1. The summed E-state index contributed by atoms with van der Waals surface area (Å²) in [5.41, 5.74) is 5.85. The lowest BCUT2D eigenvalue weighted by molar-refractivity contribution is -0.385. The van der Waals surface area contributed by atoms with Crippen molar-refractivity contribution in [3.05, 3.63) is 97.7 Å². The minimum atomic E-state index is -1.96. The molecule has 2 aliphatic rings. The van der Waals surface area contributed by atoms with Crippen molar-refractivity contribution in [2.75, 3.05) is 13.1 Å². The SMILES string of the molecule is N#CC1=C(N)C(C#N)(C#N)[C@@H](c2ccc(Cl)cc2[N+](=O)[O-])[C@H]2CN(Cc3ccccc3)CC=C12. The summed E-state index contributed by atoms with van der Waals surface area (Å²) in [6.07, 6.45) is 1.87. The second-order valence-electron chi connectivity index (χ2n) is 8.32. The monoisotopic (exact) mass is 470 g/mol. The summed E-state index contributed by atoms with van der Waals surface area (Å²) in [5.74, 6) is -1.51. The van der Waals surface area contributed by atoms with Crippen molar-refractivity contribution < 1.29 is 4.92 Å².